The van der Waals surface area contributed by atoms with E-state index in [1.807, 2.05) is 13.0 Å². The third-order valence-corrected chi connectivity index (χ3v) is 1.32. The minimum Gasteiger partial charge on any atom is -0.246 e. The van der Waals surface area contributed by atoms with Crippen molar-refractivity contribution in [1.29, 1.82) is 5.26 Å². The van der Waals surface area contributed by atoms with Gasteiger partial charge in [-0.15, -0.1) is 0 Å². The lowest BCUT2D eigenvalue weighted by Crippen LogP contribution is -2.08. The van der Waals surface area contributed by atoms with E-state index in [0.29, 0.717) is 6.42 Å². The number of alkyl halides is 1. The summed E-state index contributed by atoms with van der Waals surface area (Å²) >= 11 is 0. The molecule has 0 aromatic rings. The second-order valence-corrected chi connectivity index (χ2v) is 2.20. The Labute approximate surface area is 55.5 Å². The topological polar surface area (TPSA) is 23.8 Å². The third kappa shape index (κ3) is 3.07. The Morgan fingerprint density at radius 2 is 2.22 bits per heavy atom. The van der Waals surface area contributed by atoms with Crippen LogP contribution in [0.15, 0.2) is 0 Å². The molecule has 0 aliphatic carbocycles. The van der Waals surface area contributed by atoms with E-state index in [9.17, 15) is 4.39 Å². The molecule has 2 heteroatoms. The van der Waals surface area contributed by atoms with Gasteiger partial charge in [-0.1, -0.05) is 13.3 Å². The molecule has 0 aromatic carbocycles. The first-order valence-electron chi connectivity index (χ1n) is 3.26. The van der Waals surface area contributed by atoms with Crippen LogP contribution in [0.25, 0.3) is 0 Å². The fraction of sp³-hybridized carbons (Fsp3) is 0.857. The summed E-state index contributed by atoms with van der Waals surface area (Å²) in [5.74, 6) is -0.394. The molecule has 0 heterocycles. The first kappa shape index (κ1) is 8.42. The predicted octanol–water partition coefficient (Wildman–Crippen LogP) is 2.28. The minimum absolute atomic E-state index is 0.394. The van der Waals surface area contributed by atoms with E-state index in [4.69, 9.17) is 5.26 Å². The fourth-order valence-electron chi connectivity index (χ4n) is 0.708. The summed E-state index contributed by atoms with van der Waals surface area (Å²) in [5, 5.41) is 8.34. The van der Waals surface area contributed by atoms with Gasteiger partial charge in [0.2, 0.25) is 0 Å². The van der Waals surface area contributed by atoms with E-state index < -0.39 is 12.1 Å². The number of halogens is 1. The highest BCUT2D eigenvalue weighted by molar-refractivity contribution is 4.85. The quantitative estimate of drug-likeness (QED) is 0.573. The van der Waals surface area contributed by atoms with Crippen molar-refractivity contribution in [3.63, 3.8) is 0 Å². The number of nitrogens with zero attached hydrogens (tertiary/aromatic N) is 1. The van der Waals surface area contributed by atoms with Gasteiger partial charge in [-0.3, -0.25) is 0 Å². The van der Waals surface area contributed by atoms with Gasteiger partial charge >= 0.3 is 0 Å². The average molecular weight is 129 g/mol. The van der Waals surface area contributed by atoms with Gasteiger partial charge in [0.05, 0.1) is 12.0 Å². The van der Waals surface area contributed by atoms with Crippen molar-refractivity contribution in [2.24, 2.45) is 5.92 Å². The summed E-state index contributed by atoms with van der Waals surface area (Å²) < 4.78 is 12.3. The highest BCUT2D eigenvalue weighted by atomic mass is 19.1. The largest absolute Gasteiger partial charge is 0.246 e. The van der Waals surface area contributed by atoms with Crippen LogP contribution in [-0.2, 0) is 0 Å². The first-order valence-corrected chi connectivity index (χ1v) is 3.26. The van der Waals surface area contributed by atoms with Crippen LogP contribution < -0.4 is 0 Å². The van der Waals surface area contributed by atoms with E-state index in [2.05, 4.69) is 0 Å². The summed E-state index contributed by atoms with van der Waals surface area (Å²) in [6.45, 7) is 3.39. The lowest BCUT2D eigenvalue weighted by Gasteiger charge is -2.06. The Morgan fingerprint density at radius 1 is 1.67 bits per heavy atom. The minimum atomic E-state index is -0.977. The molecule has 0 aromatic heterocycles. The average Bonchev–Trinajstić information content (AvgIpc) is 1.82. The highest BCUT2D eigenvalue weighted by Gasteiger charge is 2.13. The molecule has 0 N–H and O–H groups in total. The number of hydrogen-bond donors (Lipinski definition) is 0. The molecule has 52 valence electrons. The molecule has 0 saturated carbocycles. The van der Waals surface area contributed by atoms with Crippen LogP contribution in [0.2, 0.25) is 0 Å². The molecule has 0 aliphatic rings. The first-order chi connectivity index (χ1) is 4.22. The van der Waals surface area contributed by atoms with Gasteiger partial charge in [0, 0.05) is 0 Å². The SMILES string of the molecule is CCCC(C#N)C(C)F. The molecule has 0 radical (unpaired) electrons. The molecule has 0 aliphatic heterocycles. The van der Waals surface area contributed by atoms with Gasteiger partial charge in [-0.2, -0.15) is 5.26 Å². The van der Waals surface area contributed by atoms with Gasteiger partial charge in [0.1, 0.15) is 6.17 Å². The molecule has 0 amide bonds. The van der Waals surface area contributed by atoms with Crippen LogP contribution in [0.3, 0.4) is 0 Å². The van der Waals surface area contributed by atoms with E-state index in [1.54, 1.807) is 0 Å². The zero-order valence-electron chi connectivity index (χ0n) is 5.89. The monoisotopic (exact) mass is 129 g/mol. The van der Waals surface area contributed by atoms with Gasteiger partial charge in [0.25, 0.3) is 0 Å². The Morgan fingerprint density at radius 3 is 2.33 bits per heavy atom. The molecule has 0 bridgehead atoms. The molecule has 9 heavy (non-hydrogen) atoms. The van der Waals surface area contributed by atoms with Crippen molar-refractivity contribution in [3.05, 3.63) is 0 Å². The molecule has 0 rings (SSSR count). The molecule has 0 spiro atoms. The van der Waals surface area contributed by atoms with Crippen LogP contribution in [0, 0.1) is 17.2 Å². The van der Waals surface area contributed by atoms with Crippen molar-refractivity contribution >= 4 is 0 Å². The van der Waals surface area contributed by atoms with Gasteiger partial charge < -0.3 is 0 Å². The van der Waals surface area contributed by atoms with Crippen molar-refractivity contribution in [2.75, 3.05) is 0 Å². The van der Waals surface area contributed by atoms with Gasteiger partial charge in [-0.05, 0) is 13.3 Å². The number of nitriles is 1. The third-order valence-electron chi connectivity index (χ3n) is 1.32. The summed E-state index contributed by atoms with van der Waals surface area (Å²) in [7, 11) is 0. The van der Waals surface area contributed by atoms with Crippen LogP contribution in [0.1, 0.15) is 26.7 Å². The number of rotatable bonds is 3. The summed E-state index contributed by atoms with van der Waals surface area (Å²) in [4.78, 5) is 0. The maximum atomic E-state index is 12.3. The lowest BCUT2D eigenvalue weighted by atomic mass is 10.0. The summed E-state index contributed by atoms with van der Waals surface area (Å²) in [5.41, 5.74) is 0. The molecular weight excluding hydrogens is 117 g/mol. The smallest absolute Gasteiger partial charge is 0.113 e. The van der Waals surface area contributed by atoms with Gasteiger partial charge in [0.15, 0.2) is 0 Å². The van der Waals surface area contributed by atoms with Crippen molar-refractivity contribution < 1.29 is 4.39 Å². The predicted molar refractivity (Wildman–Crippen MR) is 34.6 cm³/mol. The van der Waals surface area contributed by atoms with Crippen LogP contribution in [0.4, 0.5) is 4.39 Å². The zero-order chi connectivity index (χ0) is 7.28. The van der Waals surface area contributed by atoms with Crippen LogP contribution in [0.5, 0.6) is 0 Å². The molecule has 2 unspecified atom stereocenters. The summed E-state index contributed by atoms with van der Waals surface area (Å²) in [6.07, 6.45) is 0.579. The molecule has 0 saturated heterocycles. The zero-order valence-corrected chi connectivity index (χ0v) is 5.89. The van der Waals surface area contributed by atoms with E-state index in [1.165, 1.54) is 6.92 Å². The molecule has 0 fully saturated rings. The van der Waals surface area contributed by atoms with Gasteiger partial charge in [-0.25, -0.2) is 4.39 Å². The second kappa shape index (κ2) is 4.31. The van der Waals surface area contributed by atoms with E-state index in [0.717, 1.165) is 6.42 Å². The Hall–Kier alpha value is -0.580. The summed E-state index contributed by atoms with van der Waals surface area (Å²) in [6, 6.07) is 1.93. The maximum Gasteiger partial charge on any atom is 0.113 e. The number of hydrogen-bond acceptors (Lipinski definition) is 1. The fourth-order valence-corrected chi connectivity index (χ4v) is 0.708. The highest BCUT2D eigenvalue weighted by Crippen LogP contribution is 2.12. The Balaban J connectivity index is 3.58. The molecule has 1 nitrogen and oxygen atoms in total. The molecular formula is C7H12FN. The Bertz CT molecular complexity index is 104. The van der Waals surface area contributed by atoms with Crippen LogP contribution in [-0.4, -0.2) is 6.17 Å². The van der Waals surface area contributed by atoms with Crippen molar-refractivity contribution in [2.45, 2.75) is 32.9 Å². The Kier molecular flexibility index (Phi) is 4.04. The standard InChI is InChI=1S/C7H12FN/c1-3-4-7(5-9)6(2)8/h6-7H,3-4H2,1-2H3. The van der Waals surface area contributed by atoms with Crippen molar-refractivity contribution in [3.8, 4) is 6.07 Å². The van der Waals surface area contributed by atoms with Crippen LogP contribution >= 0.6 is 0 Å². The molecule has 2 atom stereocenters. The maximum absolute atomic E-state index is 12.3. The normalized spacial score (nSPS) is 16.2. The van der Waals surface area contributed by atoms with E-state index >= 15 is 0 Å². The second-order valence-electron chi connectivity index (χ2n) is 2.20. The lowest BCUT2D eigenvalue weighted by molar-refractivity contribution is 0.280. The van der Waals surface area contributed by atoms with Crippen molar-refractivity contribution in [1.82, 2.24) is 0 Å². The van der Waals surface area contributed by atoms with E-state index in [-0.39, 0.29) is 0 Å².